The lowest BCUT2D eigenvalue weighted by Crippen LogP contribution is -2.53. The molecule has 1 aliphatic carbocycles. The Morgan fingerprint density at radius 1 is 0.958 bits per heavy atom. The van der Waals surface area contributed by atoms with E-state index in [1.165, 1.54) is 19.3 Å². The normalized spacial score (nSPS) is 26.8. The molecule has 2 bridgehead atoms. The Labute approximate surface area is 143 Å². The molecule has 0 aromatic heterocycles. The molecule has 0 unspecified atom stereocenters. The fourth-order valence-electron chi connectivity index (χ4n) is 4.42. The zero-order valence-electron chi connectivity index (χ0n) is 14.1. The van der Waals surface area contributed by atoms with Gasteiger partial charge >= 0.3 is 0 Å². The SMILES string of the molecule is O=C(CN1C[C@@H]2CC[C@@H]1C2)N1CCN(C(=O)c2ccccc2)CC1. The predicted octanol–water partition coefficient (Wildman–Crippen LogP) is 1.46. The highest BCUT2D eigenvalue weighted by Crippen LogP contribution is 2.37. The van der Waals surface area contributed by atoms with Gasteiger partial charge < -0.3 is 9.80 Å². The van der Waals surface area contributed by atoms with Crippen molar-refractivity contribution in [2.24, 2.45) is 5.92 Å². The summed E-state index contributed by atoms with van der Waals surface area (Å²) in [4.78, 5) is 31.2. The summed E-state index contributed by atoms with van der Waals surface area (Å²) in [6, 6.07) is 10.0. The number of hydrogen-bond acceptors (Lipinski definition) is 3. The second-order valence-electron chi connectivity index (χ2n) is 7.30. The highest BCUT2D eigenvalue weighted by atomic mass is 16.2. The molecule has 128 valence electrons. The number of piperidine rings is 1. The summed E-state index contributed by atoms with van der Waals surface area (Å²) < 4.78 is 0. The van der Waals surface area contributed by atoms with Gasteiger partial charge in [-0.1, -0.05) is 18.2 Å². The molecule has 2 aliphatic heterocycles. The molecule has 0 radical (unpaired) electrons. The molecule has 1 aromatic rings. The highest BCUT2D eigenvalue weighted by molar-refractivity contribution is 5.94. The molecule has 1 saturated carbocycles. The van der Waals surface area contributed by atoms with Crippen LogP contribution in [-0.2, 0) is 4.79 Å². The summed E-state index contributed by atoms with van der Waals surface area (Å²) >= 11 is 0. The number of hydrogen-bond donors (Lipinski definition) is 0. The summed E-state index contributed by atoms with van der Waals surface area (Å²) in [7, 11) is 0. The van der Waals surface area contributed by atoms with Gasteiger partial charge in [0.15, 0.2) is 0 Å². The van der Waals surface area contributed by atoms with Gasteiger partial charge in [0.1, 0.15) is 0 Å². The molecule has 4 rings (SSSR count). The maximum atomic E-state index is 12.6. The van der Waals surface area contributed by atoms with Crippen LogP contribution >= 0.6 is 0 Å². The van der Waals surface area contributed by atoms with Crippen molar-refractivity contribution in [3.63, 3.8) is 0 Å². The van der Waals surface area contributed by atoms with Gasteiger partial charge in [0.25, 0.3) is 5.91 Å². The Hall–Kier alpha value is -1.88. The number of likely N-dealkylation sites (tertiary alicyclic amines) is 1. The number of rotatable bonds is 3. The van der Waals surface area contributed by atoms with E-state index in [0.29, 0.717) is 38.8 Å². The van der Waals surface area contributed by atoms with Crippen LogP contribution in [0.2, 0.25) is 0 Å². The number of amides is 2. The third-order valence-corrected chi connectivity index (χ3v) is 5.80. The minimum absolute atomic E-state index is 0.0690. The lowest BCUT2D eigenvalue weighted by Gasteiger charge is -2.36. The second-order valence-corrected chi connectivity index (χ2v) is 7.30. The minimum atomic E-state index is 0.0690. The van der Waals surface area contributed by atoms with Crippen molar-refractivity contribution < 1.29 is 9.59 Å². The van der Waals surface area contributed by atoms with Crippen LogP contribution in [0.3, 0.4) is 0 Å². The summed E-state index contributed by atoms with van der Waals surface area (Å²) in [6.45, 7) is 4.23. The third kappa shape index (κ3) is 3.05. The molecule has 24 heavy (non-hydrogen) atoms. The number of nitrogens with zero attached hydrogens (tertiary/aromatic N) is 3. The van der Waals surface area contributed by atoms with Crippen LogP contribution in [0.5, 0.6) is 0 Å². The third-order valence-electron chi connectivity index (χ3n) is 5.80. The minimum Gasteiger partial charge on any atom is -0.338 e. The summed E-state index contributed by atoms with van der Waals surface area (Å²) in [5, 5.41) is 0. The van der Waals surface area contributed by atoms with Crippen molar-refractivity contribution >= 4 is 11.8 Å². The van der Waals surface area contributed by atoms with Gasteiger partial charge in [0, 0.05) is 44.3 Å². The first-order valence-corrected chi connectivity index (χ1v) is 9.07. The number of carbonyl (C=O) groups excluding carboxylic acids is 2. The molecule has 5 heteroatoms. The van der Waals surface area contributed by atoms with Crippen LogP contribution in [0.4, 0.5) is 0 Å². The monoisotopic (exact) mass is 327 g/mol. The van der Waals surface area contributed by atoms with Gasteiger partial charge in [-0.3, -0.25) is 14.5 Å². The van der Waals surface area contributed by atoms with Crippen molar-refractivity contribution in [2.75, 3.05) is 39.3 Å². The molecule has 2 heterocycles. The Kier molecular flexibility index (Phi) is 4.27. The van der Waals surface area contributed by atoms with E-state index in [2.05, 4.69) is 4.90 Å². The first-order valence-electron chi connectivity index (χ1n) is 9.07. The van der Waals surface area contributed by atoms with Crippen molar-refractivity contribution in [3.8, 4) is 0 Å². The van der Waals surface area contributed by atoms with Crippen LogP contribution in [0.15, 0.2) is 30.3 Å². The number of fused-ring (bicyclic) bond motifs is 2. The lowest BCUT2D eigenvalue weighted by molar-refractivity contribution is -0.134. The van der Waals surface area contributed by atoms with E-state index in [-0.39, 0.29) is 11.8 Å². The van der Waals surface area contributed by atoms with Gasteiger partial charge in [0.2, 0.25) is 5.91 Å². The molecule has 1 aromatic carbocycles. The number of carbonyl (C=O) groups is 2. The van der Waals surface area contributed by atoms with E-state index in [9.17, 15) is 9.59 Å². The van der Waals surface area contributed by atoms with E-state index in [0.717, 1.165) is 18.0 Å². The predicted molar refractivity (Wildman–Crippen MR) is 91.6 cm³/mol. The van der Waals surface area contributed by atoms with Crippen LogP contribution < -0.4 is 0 Å². The van der Waals surface area contributed by atoms with E-state index in [4.69, 9.17) is 0 Å². The maximum Gasteiger partial charge on any atom is 0.253 e. The fourth-order valence-corrected chi connectivity index (χ4v) is 4.42. The van der Waals surface area contributed by atoms with Crippen LogP contribution in [0.1, 0.15) is 29.6 Å². The van der Waals surface area contributed by atoms with Gasteiger partial charge in [-0.2, -0.15) is 0 Å². The van der Waals surface area contributed by atoms with Crippen LogP contribution in [0, 0.1) is 5.92 Å². The average molecular weight is 327 g/mol. The second kappa shape index (κ2) is 6.55. The lowest BCUT2D eigenvalue weighted by atomic mass is 10.1. The maximum absolute atomic E-state index is 12.6. The van der Waals surface area contributed by atoms with Crippen LogP contribution in [-0.4, -0.2) is 71.8 Å². The molecule has 2 amide bonds. The first-order chi connectivity index (χ1) is 11.7. The zero-order valence-corrected chi connectivity index (χ0v) is 14.1. The Bertz CT molecular complexity index is 610. The largest absolute Gasteiger partial charge is 0.338 e. The van der Waals surface area contributed by atoms with Gasteiger partial charge in [0.05, 0.1) is 6.54 Å². The Balaban J connectivity index is 1.28. The summed E-state index contributed by atoms with van der Waals surface area (Å²) in [6.07, 6.45) is 3.89. The number of piperazine rings is 1. The molecule has 3 aliphatic rings. The smallest absolute Gasteiger partial charge is 0.253 e. The first kappa shape index (κ1) is 15.6. The molecule has 2 atom stereocenters. The number of benzene rings is 1. The summed E-state index contributed by atoms with van der Waals surface area (Å²) in [5.74, 6) is 1.12. The van der Waals surface area contributed by atoms with Crippen molar-refractivity contribution in [3.05, 3.63) is 35.9 Å². The molecule has 3 fully saturated rings. The van der Waals surface area contributed by atoms with Crippen LogP contribution in [0.25, 0.3) is 0 Å². The molecular formula is C19H25N3O2. The van der Waals surface area contributed by atoms with Gasteiger partial charge in [-0.25, -0.2) is 0 Å². The van der Waals surface area contributed by atoms with Crippen molar-refractivity contribution in [1.29, 1.82) is 0 Å². The van der Waals surface area contributed by atoms with E-state index in [1.54, 1.807) is 0 Å². The molecular weight excluding hydrogens is 302 g/mol. The Morgan fingerprint density at radius 2 is 1.67 bits per heavy atom. The topological polar surface area (TPSA) is 43.9 Å². The van der Waals surface area contributed by atoms with Gasteiger partial charge in [-0.15, -0.1) is 0 Å². The fraction of sp³-hybridized carbons (Fsp3) is 0.579. The van der Waals surface area contributed by atoms with E-state index >= 15 is 0 Å². The molecule has 5 nitrogen and oxygen atoms in total. The molecule has 0 spiro atoms. The highest BCUT2D eigenvalue weighted by Gasteiger charge is 2.39. The average Bonchev–Trinajstić information content (AvgIpc) is 3.25. The zero-order chi connectivity index (χ0) is 16.5. The standard InChI is InChI=1S/C19H25N3O2/c23-18(14-22-13-15-6-7-17(22)12-15)20-8-10-21(11-9-20)19(24)16-4-2-1-3-5-16/h1-5,15,17H,6-14H2/t15-,17-/m1/s1. The quantitative estimate of drug-likeness (QED) is 0.844. The van der Waals surface area contributed by atoms with Crippen molar-refractivity contribution in [2.45, 2.75) is 25.3 Å². The molecule has 2 saturated heterocycles. The van der Waals surface area contributed by atoms with Crippen molar-refractivity contribution in [1.82, 2.24) is 14.7 Å². The van der Waals surface area contributed by atoms with E-state index in [1.807, 2.05) is 40.1 Å². The Morgan fingerprint density at radius 3 is 2.29 bits per heavy atom. The molecule has 0 N–H and O–H groups in total. The van der Waals surface area contributed by atoms with E-state index < -0.39 is 0 Å². The van der Waals surface area contributed by atoms with Gasteiger partial charge in [-0.05, 0) is 37.3 Å². The summed E-state index contributed by atoms with van der Waals surface area (Å²) in [5.41, 5.74) is 0.727.